The molecular formula is C82H83Br3O4. The standard InChI is InChI=1S/C40H37BrO2.C21H25BrO2.C19H13Br.2CH4/c41-33-21-26-37-36-15-9-10-16-38(36)40(39(37)28-33,32-13-7-5-8-14-32)27-11-4-2-1-3-6-12-30-17-22-34(23-18-30)43-35-24-19-31(29-42)20-25-35;22-16-6-4-2-1-3-5-7-18-8-12-20(13-9-18)24-21-14-10-19(17-23)11-15-21;20-14-10-11-16-15-8-4-5-9-17(15)19(18(16)12-14)13-6-2-1-3-7-13;;/h5,7-10,13-26,28-29H,1-4,6,11-12,27H2;8-15,17H,1-7,16H2;1-12,19H;2*1H4. The van der Waals surface area contributed by atoms with Crippen molar-refractivity contribution in [1.82, 2.24) is 0 Å². The highest BCUT2D eigenvalue weighted by Gasteiger charge is 2.44. The Balaban J connectivity index is 0.000000188. The fourth-order valence-corrected chi connectivity index (χ4v) is 13.6. The number of alkyl halides is 1. The molecule has 0 N–H and O–H groups in total. The van der Waals surface area contributed by atoms with E-state index in [2.05, 4.69) is 218 Å². The monoisotopic (exact) mass is 1370 g/mol. The fraction of sp³-hybridized carbons (Fsp3) is 0.244. The van der Waals surface area contributed by atoms with Crippen molar-refractivity contribution in [3.63, 3.8) is 0 Å². The van der Waals surface area contributed by atoms with Crippen LogP contribution in [-0.4, -0.2) is 17.9 Å². The lowest BCUT2D eigenvalue weighted by atomic mass is 9.69. The van der Waals surface area contributed by atoms with Gasteiger partial charge in [-0.2, -0.15) is 0 Å². The molecule has 2 atom stereocenters. The SMILES string of the molecule is Brc1ccc2c(c1)C(c1ccccc1)c1ccccc1-2.C.C.O=Cc1ccc(Oc2ccc(CCCCCCCCBr)cc2)cc1.O=Cc1ccc(Oc2ccc(CCCCCCCCC3(c4ccccc4)c4ccccc4-c4ccc(Br)cc43)cc2)cc1. The minimum atomic E-state index is -0.105. The number of benzene rings is 10. The van der Waals surface area contributed by atoms with Crippen LogP contribution in [0.4, 0.5) is 0 Å². The number of aryl methyl sites for hydroxylation is 2. The minimum absolute atomic E-state index is 0. The number of carbonyl (C=O) groups excluding carboxylic acids is 2. The number of aldehydes is 2. The van der Waals surface area contributed by atoms with Crippen LogP contribution in [-0.2, 0) is 18.3 Å². The molecule has 456 valence electrons. The van der Waals surface area contributed by atoms with Gasteiger partial charge in [-0.3, -0.25) is 9.59 Å². The summed E-state index contributed by atoms with van der Waals surface area (Å²) in [6.07, 6.45) is 20.3. The van der Waals surface area contributed by atoms with E-state index in [4.69, 9.17) is 9.47 Å². The molecule has 0 heterocycles. The molecule has 2 unspecified atom stereocenters. The summed E-state index contributed by atoms with van der Waals surface area (Å²) >= 11 is 10.9. The van der Waals surface area contributed by atoms with Crippen LogP contribution < -0.4 is 9.47 Å². The van der Waals surface area contributed by atoms with Gasteiger partial charge < -0.3 is 9.47 Å². The minimum Gasteiger partial charge on any atom is -0.457 e. The van der Waals surface area contributed by atoms with Crippen molar-refractivity contribution in [2.75, 3.05) is 5.33 Å². The molecule has 10 aromatic rings. The van der Waals surface area contributed by atoms with Crippen LogP contribution in [0, 0.1) is 0 Å². The Hall–Kier alpha value is -7.42. The number of unbranched alkanes of at least 4 members (excludes halogenated alkanes) is 10. The molecule has 2 aliphatic rings. The molecule has 4 nitrogen and oxygen atoms in total. The third kappa shape index (κ3) is 17.7. The predicted octanol–water partition coefficient (Wildman–Crippen LogP) is 24.8. The zero-order valence-corrected chi connectivity index (χ0v) is 54.2. The molecular weight excluding hydrogens is 1290 g/mol. The van der Waals surface area contributed by atoms with Gasteiger partial charge in [-0.25, -0.2) is 0 Å². The third-order valence-corrected chi connectivity index (χ3v) is 18.4. The quantitative estimate of drug-likeness (QED) is 0.0325. The number of hydrogen-bond donors (Lipinski definition) is 0. The number of hydrogen-bond acceptors (Lipinski definition) is 4. The zero-order chi connectivity index (χ0) is 60.1. The Morgan fingerprint density at radius 3 is 1.33 bits per heavy atom. The van der Waals surface area contributed by atoms with E-state index in [0.29, 0.717) is 17.0 Å². The molecule has 0 fully saturated rings. The van der Waals surface area contributed by atoms with Crippen LogP contribution in [0.3, 0.4) is 0 Å². The second-order valence-electron chi connectivity index (χ2n) is 22.7. The molecule has 12 rings (SSSR count). The second-order valence-corrected chi connectivity index (χ2v) is 25.3. The van der Waals surface area contributed by atoms with E-state index in [1.165, 1.54) is 144 Å². The van der Waals surface area contributed by atoms with Crippen molar-refractivity contribution in [1.29, 1.82) is 0 Å². The molecule has 0 spiro atoms. The Kier molecular flexibility index (Phi) is 26.2. The maximum absolute atomic E-state index is 10.8. The van der Waals surface area contributed by atoms with E-state index in [-0.39, 0.29) is 20.3 Å². The maximum atomic E-state index is 10.8. The summed E-state index contributed by atoms with van der Waals surface area (Å²) in [5.41, 5.74) is 17.8. The van der Waals surface area contributed by atoms with Crippen molar-refractivity contribution in [3.8, 4) is 45.3 Å². The van der Waals surface area contributed by atoms with Crippen molar-refractivity contribution < 1.29 is 19.1 Å². The first kappa shape index (κ1) is 67.5. The maximum Gasteiger partial charge on any atom is 0.150 e. The highest BCUT2D eigenvalue weighted by molar-refractivity contribution is 9.10. The van der Waals surface area contributed by atoms with E-state index in [1.807, 2.05) is 48.5 Å². The van der Waals surface area contributed by atoms with Gasteiger partial charge in [-0.1, -0.05) is 266 Å². The molecule has 2 aliphatic carbocycles. The number of carbonyl (C=O) groups is 2. The summed E-state index contributed by atoms with van der Waals surface area (Å²) in [4.78, 5) is 21.5. The van der Waals surface area contributed by atoms with Crippen molar-refractivity contribution in [2.45, 2.75) is 122 Å². The number of rotatable bonds is 25. The van der Waals surface area contributed by atoms with Gasteiger partial charge in [0.15, 0.2) is 0 Å². The molecule has 0 bridgehead atoms. The number of ether oxygens (including phenoxy) is 2. The highest BCUT2D eigenvalue weighted by Crippen LogP contribution is 2.56. The van der Waals surface area contributed by atoms with Gasteiger partial charge >= 0.3 is 0 Å². The molecule has 10 aromatic carbocycles. The van der Waals surface area contributed by atoms with Crippen LogP contribution in [0.15, 0.2) is 252 Å². The van der Waals surface area contributed by atoms with Crippen LogP contribution in [0.2, 0.25) is 0 Å². The second kappa shape index (κ2) is 34.5. The van der Waals surface area contributed by atoms with Gasteiger partial charge in [-0.05, 0) is 202 Å². The van der Waals surface area contributed by atoms with E-state index >= 15 is 0 Å². The van der Waals surface area contributed by atoms with Gasteiger partial charge in [0.25, 0.3) is 0 Å². The van der Waals surface area contributed by atoms with Gasteiger partial charge in [0.05, 0.1) is 0 Å². The first-order chi connectivity index (χ1) is 42.8. The molecule has 0 saturated heterocycles. The predicted molar refractivity (Wildman–Crippen MR) is 384 cm³/mol. The van der Waals surface area contributed by atoms with Crippen LogP contribution in [0.5, 0.6) is 23.0 Å². The average molecular weight is 1370 g/mol. The smallest absolute Gasteiger partial charge is 0.150 e. The lowest BCUT2D eigenvalue weighted by Gasteiger charge is -2.33. The highest BCUT2D eigenvalue weighted by atomic mass is 79.9. The van der Waals surface area contributed by atoms with Gasteiger partial charge in [0.2, 0.25) is 0 Å². The van der Waals surface area contributed by atoms with Gasteiger partial charge in [0, 0.05) is 36.7 Å². The zero-order valence-electron chi connectivity index (χ0n) is 49.4. The molecule has 0 radical (unpaired) electrons. The lowest BCUT2D eigenvalue weighted by Crippen LogP contribution is -2.27. The summed E-state index contributed by atoms with van der Waals surface area (Å²) in [5.74, 6) is 3.47. The normalized spacial score (nSPS) is 13.7. The van der Waals surface area contributed by atoms with Gasteiger partial charge in [0.1, 0.15) is 35.6 Å². The van der Waals surface area contributed by atoms with Gasteiger partial charge in [-0.15, -0.1) is 0 Å². The summed E-state index contributed by atoms with van der Waals surface area (Å²) in [6, 6.07) is 84.1. The number of fused-ring (bicyclic) bond motifs is 6. The van der Waals surface area contributed by atoms with E-state index < -0.39 is 0 Å². The molecule has 89 heavy (non-hydrogen) atoms. The van der Waals surface area contributed by atoms with E-state index in [9.17, 15) is 9.59 Å². The summed E-state index contributed by atoms with van der Waals surface area (Å²) in [7, 11) is 0. The molecule has 0 saturated carbocycles. The van der Waals surface area contributed by atoms with Crippen LogP contribution in [0.1, 0.15) is 169 Å². The van der Waals surface area contributed by atoms with Crippen LogP contribution in [0.25, 0.3) is 22.3 Å². The Morgan fingerprint density at radius 2 is 0.787 bits per heavy atom. The first-order valence-corrected chi connectivity index (χ1v) is 33.6. The Labute approximate surface area is 555 Å². The Bertz CT molecular complexity index is 3770. The van der Waals surface area contributed by atoms with Crippen molar-refractivity contribution in [3.05, 3.63) is 307 Å². The molecule has 7 heteroatoms. The van der Waals surface area contributed by atoms with E-state index in [1.54, 1.807) is 24.3 Å². The largest absolute Gasteiger partial charge is 0.457 e. The topological polar surface area (TPSA) is 52.6 Å². The fourth-order valence-electron chi connectivity index (χ4n) is 12.5. The average Bonchev–Trinajstić information content (AvgIpc) is 1.61. The lowest BCUT2D eigenvalue weighted by molar-refractivity contribution is 0.111. The summed E-state index contributed by atoms with van der Waals surface area (Å²) in [5, 5.41) is 1.13. The van der Waals surface area contributed by atoms with Crippen molar-refractivity contribution in [2.24, 2.45) is 0 Å². The number of halogens is 3. The molecule has 0 aromatic heterocycles. The summed E-state index contributed by atoms with van der Waals surface area (Å²) < 4.78 is 14.0. The Morgan fingerprint density at radius 1 is 0.371 bits per heavy atom. The first-order valence-electron chi connectivity index (χ1n) is 30.9. The molecule has 0 amide bonds. The van der Waals surface area contributed by atoms with Crippen LogP contribution >= 0.6 is 47.8 Å². The van der Waals surface area contributed by atoms with E-state index in [0.717, 1.165) is 69.1 Å². The third-order valence-electron chi connectivity index (χ3n) is 16.9. The molecule has 0 aliphatic heterocycles. The van der Waals surface area contributed by atoms with Crippen molar-refractivity contribution >= 4 is 60.4 Å². The summed E-state index contributed by atoms with van der Waals surface area (Å²) in [6.45, 7) is 0.